The highest BCUT2D eigenvalue weighted by Crippen LogP contribution is 2.50. The SMILES string of the molecule is CN1CCN(c2ccc(OCCN3CC(CC[C@@H]4C[C@H]4c4ccccc4)C3)nc2)CC1. The van der Waals surface area contributed by atoms with Crippen molar-refractivity contribution in [2.45, 2.75) is 25.2 Å². The Labute approximate surface area is 187 Å². The lowest BCUT2D eigenvalue weighted by molar-refractivity contribution is 0.0746. The van der Waals surface area contributed by atoms with Crippen LogP contribution in [0, 0.1) is 11.8 Å². The van der Waals surface area contributed by atoms with Crippen LogP contribution in [0.4, 0.5) is 5.69 Å². The van der Waals surface area contributed by atoms with Gasteiger partial charge in [0, 0.05) is 51.9 Å². The van der Waals surface area contributed by atoms with E-state index >= 15 is 0 Å². The third-order valence-electron chi connectivity index (χ3n) is 7.38. The van der Waals surface area contributed by atoms with Crippen molar-refractivity contribution in [3.63, 3.8) is 0 Å². The summed E-state index contributed by atoms with van der Waals surface area (Å²) in [6.07, 6.45) is 6.15. The second-order valence-corrected chi connectivity index (χ2v) is 9.71. The highest BCUT2D eigenvalue weighted by molar-refractivity contribution is 5.45. The van der Waals surface area contributed by atoms with E-state index in [1.165, 1.54) is 38.0 Å². The molecule has 166 valence electrons. The molecule has 2 aliphatic heterocycles. The molecule has 5 nitrogen and oxygen atoms in total. The van der Waals surface area contributed by atoms with Crippen LogP contribution in [-0.4, -0.2) is 74.3 Å². The fraction of sp³-hybridized carbons (Fsp3) is 0.577. The van der Waals surface area contributed by atoms with Gasteiger partial charge in [-0.05, 0) is 55.7 Å². The van der Waals surface area contributed by atoms with E-state index in [0.29, 0.717) is 0 Å². The summed E-state index contributed by atoms with van der Waals surface area (Å²) in [6, 6.07) is 15.2. The summed E-state index contributed by atoms with van der Waals surface area (Å²) in [7, 11) is 2.18. The monoisotopic (exact) mass is 420 g/mol. The van der Waals surface area contributed by atoms with E-state index in [-0.39, 0.29) is 0 Å². The number of aromatic nitrogens is 1. The molecule has 5 heteroatoms. The van der Waals surface area contributed by atoms with Gasteiger partial charge in [-0.15, -0.1) is 0 Å². The molecule has 0 N–H and O–H groups in total. The predicted octanol–water partition coefficient (Wildman–Crippen LogP) is 3.73. The molecule has 3 aliphatic rings. The number of ether oxygens (including phenoxy) is 1. The Morgan fingerprint density at radius 3 is 2.52 bits per heavy atom. The van der Waals surface area contributed by atoms with Crippen LogP contribution < -0.4 is 9.64 Å². The Kier molecular flexibility index (Phi) is 6.42. The molecule has 2 atom stereocenters. The van der Waals surface area contributed by atoms with Crippen LogP contribution >= 0.6 is 0 Å². The van der Waals surface area contributed by atoms with Gasteiger partial charge >= 0.3 is 0 Å². The Morgan fingerprint density at radius 1 is 0.968 bits per heavy atom. The molecule has 0 spiro atoms. The first kappa shape index (κ1) is 20.8. The van der Waals surface area contributed by atoms with Crippen LogP contribution in [-0.2, 0) is 0 Å². The van der Waals surface area contributed by atoms with Crippen molar-refractivity contribution >= 4 is 5.69 Å². The fourth-order valence-electron chi connectivity index (χ4n) is 5.16. The van der Waals surface area contributed by atoms with Crippen LogP contribution in [0.5, 0.6) is 5.88 Å². The topological polar surface area (TPSA) is 31.8 Å². The Morgan fingerprint density at radius 2 is 1.77 bits per heavy atom. The molecule has 0 amide bonds. The quantitative estimate of drug-likeness (QED) is 0.617. The van der Waals surface area contributed by atoms with Crippen molar-refractivity contribution < 1.29 is 4.74 Å². The second-order valence-electron chi connectivity index (χ2n) is 9.71. The standard InChI is InChI=1S/C26H36N4O/c1-28-11-13-30(14-12-28)24-9-10-26(27-18-24)31-16-15-29-19-21(20-29)7-8-23-17-25(23)22-5-3-2-4-6-22/h2-6,9-10,18,21,23,25H,7-8,11-17,19-20H2,1H3/t23-,25+/m1/s1. The molecule has 1 aromatic heterocycles. The van der Waals surface area contributed by atoms with Gasteiger partial charge in [0.05, 0.1) is 11.9 Å². The number of pyridine rings is 1. The number of anilines is 1. The van der Waals surface area contributed by atoms with Gasteiger partial charge in [0.25, 0.3) is 0 Å². The molecule has 3 heterocycles. The Balaban J connectivity index is 0.945. The van der Waals surface area contributed by atoms with Gasteiger partial charge in [0.2, 0.25) is 5.88 Å². The minimum absolute atomic E-state index is 0.728. The maximum atomic E-state index is 5.90. The van der Waals surface area contributed by atoms with Crippen molar-refractivity contribution in [2.24, 2.45) is 11.8 Å². The number of rotatable bonds is 9. The number of piperazine rings is 1. The van der Waals surface area contributed by atoms with Gasteiger partial charge in [-0.1, -0.05) is 30.3 Å². The van der Waals surface area contributed by atoms with E-state index in [2.05, 4.69) is 63.1 Å². The average Bonchev–Trinajstić information content (AvgIpc) is 3.56. The Bertz CT molecular complexity index is 813. The summed E-state index contributed by atoms with van der Waals surface area (Å²) in [6.45, 7) is 8.58. The van der Waals surface area contributed by atoms with E-state index in [9.17, 15) is 0 Å². The number of likely N-dealkylation sites (tertiary alicyclic amines) is 1. The molecule has 0 bridgehead atoms. The zero-order chi connectivity index (χ0) is 21.0. The van der Waals surface area contributed by atoms with Crippen molar-refractivity contribution in [3.8, 4) is 5.88 Å². The fourth-order valence-corrected chi connectivity index (χ4v) is 5.16. The zero-order valence-corrected chi connectivity index (χ0v) is 18.8. The first-order valence-corrected chi connectivity index (χ1v) is 12.0. The third-order valence-corrected chi connectivity index (χ3v) is 7.38. The summed E-state index contributed by atoms with van der Waals surface area (Å²) >= 11 is 0. The molecule has 5 rings (SSSR count). The zero-order valence-electron chi connectivity index (χ0n) is 18.8. The van der Waals surface area contributed by atoms with Gasteiger partial charge < -0.3 is 14.5 Å². The lowest BCUT2D eigenvalue weighted by Crippen LogP contribution is -2.48. The Hall–Kier alpha value is -2.11. The molecule has 3 fully saturated rings. The van der Waals surface area contributed by atoms with Crippen LogP contribution in [0.3, 0.4) is 0 Å². The highest BCUT2D eigenvalue weighted by atomic mass is 16.5. The van der Waals surface area contributed by atoms with Crippen molar-refractivity contribution in [2.75, 3.05) is 64.4 Å². The van der Waals surface area contributed by atoms with Crippen molar-refractivity contribution in [3.05, 3.63) is 54.2 Å². The smallest absolute Gasteiger partial charge is 0.213 e. The van der Waals surface area contributed by atoms with Gasteiger partial charge in [-0.3, -0.25) is 4.90 Å². The maximum absolute atomic E-state index is 5.90. The minimum Gasteiger partial charge on any atom is -0.476 e. The molecule has 0 radical (unpaired) electrons. The van der Waals surface area contributed by atoms with Crippen LogP contribution in [0.1, 0.15) is 30.7 Å². The second kappa shape index (κ2) is 9.58. The van der Waals surface area contributed by atoms with Gasteiger partial charge in [0.1, 0.15) is 6.61 Å². The summed E-state index contributed by atoms with van der Waals surface area (Å²) in [4.78, 5) is 11.8. The van der Waals surface area contributed by atoms with E-state index in [1.807, 2.05) is 12.3 Å². The first-order chi connectivity index (χ1) is 15.2. The van der Waals surface area contributed by atoms with E-state index in [1.54, 1.807) is 5.56 Å². The van der Waals surface area contributed by atoms with E-state index in [4.69, 9.17) is 4.74 Å². The number of hydrogen-bond donors (Lipinski definition) is 0. The van der Waals surface area contributed by atoms with Crippen molar-refractivity contribution in [1.29, 1.82) is 0 Å². The molecule has 1 saturated carbocycles. The first-order valence-electron chi connectivity index (χ1n) is 12.0. The average molecular weight is 421 g/mol. The lowest BCUT2D eigenvalue weighted by Gasteiger charge is -2.39. The van der Waals surface area contributed by atoms with Crippen LogP contribution in [0.25, 0.3) is 0 Å². The number of hydrogen-bond acceptors (Lipinski definition) is 5. The van der Waals surface area contributed by atoms with E-state index < -0.39 is 0 Å². The number of benzene rings is 1. The molecule has 31 heavy (non-hydrogen) atoms. The highest BCUT2D eigenvalue weighted by Gasteiger charge is 2.38. The summed E-state index contributed by atoms with van der Waals surface area (Å²) in [5.41, 5.74) is 2.75. The van der Waals surface area contributed by atoms with Gasteiger partial charge in [0.15, 0.2) is 0 Å². The molecular weight excluding hydrogens is 384 g/mol. The van der Waals surface area contributed by atoms with Crippen molar-refractivity contribution in [1.82, 2.24) is 14.8 Å². The van der Waals surface area contributed by atoms with Crippen LogP contribution in [0.15, 0.2) is 48.7 Å². The van der Waals surface area contributed by atoms with Crippen LogP contribution in [0.2, 0.25) is 0 Å². The molecule has 1 aliphatic carbocycles. The molecule has 1 aromatic carbocycles. The predicted molar refractivity (Wildman–Crippen MR) is 126 cm³/mol. The summed E-state index contributed by atoms with van der Waals surface area (Å²) in [5.74, 6) is 3.40. The summed E-state index contributed by atoms with van der Waals surface area (Å²) in [5, 5.41) is 0. The van der Waals surface area contributed by atoms with E-state index in [0.717, 1.165) is 63.0 Å². The number of likely N-dealkylation sites (N-methyl/N-ethyl adjacent to an activating group) is 1. The van der Waals surface area contributed by atoms with Gasteiger partial charge in [-0.25, -0.2) is 4.98 Å². The third kappa shape index (κ3) is 5.39. The molecule has 0 unspecified atom stereocenters. The minimum atomic E-state index is 0.728. The molecule has 2 saturated heterocycles. The normalized spacial score (nSPS) is 24.7. The largest absolute Gasteiger partial charge is 0.476 e. The lowest BCUT2D eigenvalue weighted by atomic mass is 9.93. The van der Waals surface area contributed by atoms with Gasteiger partial charge in [-0.2, -0.15) is 0 Å². The molecular formula is C26H36N4O. The number of nitrogens with zero attached hydrogens (tertiary/aromatic N) is 4. The maximum Gasteiger partial charge on any atom is 0.213 e. The summed E-state index contributed by atoms with van der Waals surface area (Å²) < 4.78 is 5.90. The molecule has 2 aromatic rings.